The first-order valence-electron chi connectivity index (χ1n) is 8.48. The van der Waals surface area contributed by atoms with Crippen molar-refractivity contribution in [1.82, 2.24) is 10.6 Å². The van der Waals surface area contributed by atoms with E-state index in [1.165, 1.54) is 5.56 Å². The van der Waals surface area contributed by atoms with E-state index >= 15 is 0 Å². The summed E-state index contributed by atoms with van der Waals surface area (Å²) in [5.74, 6) is 1.30. The monoisotopic (exact) mass is 338 g/mol. The van der Waals surface area contributed by atoms with Gasteiger partial charge in [0, 0.05) is 25.1 Å². The molecule has 0 bridgehead atoms. The number of aryl methyl sites for hydroxylation is 1. The molecule has 130 valence electrons. The summed E-state index contributed by atoms with van der Waals surface area (Å²) in [4.78, 5) is 23.5. The quantitative estimate of drug-likeness (QED) is 0.881. The van der Waals surface area contributed by atoms with Crippen molar-refractivity contribution >= 4 is 11.8 Å². The van der Waals surface area contributed by atoms with Crippen molar-refractivity contribution in [3.63, 3.8) is 0 Å². The fraction of sp³-hybridized carbons (Fsp3) is 0.300. The lowest BCUT2D eigenvalue weighted by atomic mass is 9.98. The molecule has 0 aromatic heterocycles. The molecule has 1 heterocycles. The van der Waals surface area contributed by atoms with Crippen LogP contribution in [0.25, 0.3) is 0 Å². The van der Waals surface area contributed by atoms with E-state index in [2.05, 4.69) is 10.6 Å². The molecule has 0 spiro atoms. The fourth-order valence-corrected chi connectivity index (χ4v) is 2.77. The van der Waals surface area contributed by atoms with Crippen LogP contribution in [0, 0.1) is 12.8 Å². The minimum absolute atomic E-state index is 0.0147. The highest BCUT2D eigenvalue weighted by atomic mass is 16.5. The van der Waals surface area contributed by atoms with Gasteiger partial charge in [-0.1, -0.05) is 35.9 Å². The van der Waals surface area contributed by atoms with Gasteiger partial charge in [-0.25, -0.2) is 0 Å². The van der Waals surface area contributed by atoms with Crippen molar-refractivity contribution < 1.29 is 14.3 Å². The summed E-state index contributed by atoms with van der Waals surface area (Å²) in [6.45, 7) is 2.83. The number of amides is 2. The van der Waals surface area contributed by atoms with Crippen molar-refractivity contribution in [2.45, 2.75) is 26.3 Å². The predicted octanol–water partition coefficient (Wildman–Crippen LogP) is 2.93. The Balaban J connectivity index is 1.61. The minimum atomic E-state index is -0.164. The second-order valence-electron chi connectivity index (χ2n) is 6.28. The lowest BCUT2D eigenvalue weighted by Gasteiger charge is -2.21. The lowest BCUT2D eigenvalue weighted by Crippen LogP contribution is -2.42. The zero-order valence-electron chi connectivity index (χ0n) is 14.2. The van der Waals surface area contributed by atoms with Crippen molar-refractivity contribution in [3.05, 3.63) is 59.7 Å². The Bertz CT molecular complexity index is 746. The molecule has 0 aliphatic carbocycles. The average Bonchev–Trinajstić information content (AvgIpc) is 2.63. The lowest BCUT2D eigenvalue weighted by molar-refractivity contribution is -0.129. The maximum Gasteiger partial charge on any atom is 0.225 e. The van der Waals surface area contributed by atoms with E-state index in [0.29, 0.717) is 25.9 Å². The predicted molar refractivity (Wildman–Crippen MR) is 95.3 cm³/mol. The molecule has 2 aromatic rings. The molecule has 1 atom stereocenters. The zero-order chi connectivity index (χ0) is 17.6. The maximum absolute atomic E-state index is 12.3. The van der Waals surface area contributed by atoms with Crippen LogP contribution in [0.2, 0.25) is 0 Å². The minimum Gasteiger partial charge on any atom is -0.457 e. The number of ether oxygens (including phenoxy) is 1. The highest BCUT2D eigenvalue weighted by Gasteiger charge is 2.24. The molecule has 0 saturated carbocycles. The Morgan fingerprint density at radius 1 is 1.20 bits per heavy atom. The summed E-state index contributed by atoms with van der Waals surface area (Å²) in [6, 6.07) is 15.5. The number of para-hydroxylation sites is 1. The van der Waals surface area contributed by atoms with Crippen LogP contribution in [0.1, 0.15) is 24.0 Å². The van der Waals surface area contributed by atoms with Gasteiger partial charge in [-0.3, -0.25) is 9.59 Å². The van der Waals surface area contributed by atoms with Crippen LogP contribution in [-0.4, -0.2) is 18.4 Å². The van der Waals surface area contributed by atoms with E-state index in [9.17, 15) is 9.59 Å². The number of benzene rings is 2. The third-order valence-corrected chi connectivity index (χ3v) is 4.31. The van der Waals surface area contributed by atoms with E-state index in [1.54, 1.807) is 0 Å². The van der Waals surface area contributed by atoms with Gasteiger partial charge in [0.1, 0.15) is 11.5 Å². The van der Waals surface area contributed by atoms with Gasteiger partial charge >= 0.3 is 0 Å². The Hall–Kier alpha value is -2.82. The third kappa shape index (κ3) is 4.59. The van der Waals surface area contributed by atoms with Crippen LogP contribution in [0.5, 0.6) is 11.5 Å². The average molecular weight is 338 g/mol. The number of carbonyl (C=O) groups excluding carboxylic acids is 2. The van der Waals surface area contributed by atoms with Crippen molar-refractivity contribution in [3.8, 4) is 11.5 Å². The molecule has 5 heteroatoms. The molecule has 2 amide bonds. The molecule has 3 rings (SSSR count). The van der Waals surface area contributed by atoms with Gasteiger partial charge in [0.05, 0.1) is 5.92 Å². The van der Waals surface area contributed by atoms with Crippen LogP contribution in [0.3, 0.4) is 0 Å². The second-order valence-corrected chi connectivity index (χ2v) is 6.28. The Kier molecular flexibility index (Phi) is 5.33. The third-order valence-electron chi connectivity index (χ3n) is 4.31. The number of hydrogen-bond acceptors (Lipinski definition) is 3. The van der Waals surface area contributed by atoms with Crippen LogP contribution in [0.4, 0.5) is 0 Å². The summed E-state index contributed by atoms with van der Waals surface area (Å²) >= 11 is 0. The summed E-state index contributed by atoms with van der Waals surface area (Å²) in [5.41, 5.74) is 2.09. The van der Waals surface area contributed by atoms with Gasteiger partial charge in [-0.2, -0.15) is 0 Å². The topological polar surface area (TPSA) is 67.4 Å². The van der Waals surface area contributed by atoms with Crippen molar-refractivity contribution in [1.29, 1.82) is 0 Å². The smallest absolute Gasteiger partial charge is 0.225 e. The first-order chi connectivity index (χ1) is 12.1. The summed E-state index contributed by atoms with van der Waals surface area (Å²) in [6.07, 6.45) is 1.00. The van der Waals surface area contributed by atoms with Crippen LogP contribution in [0.15, 0.2) is 48.5 Å². The SMILES string of the molecule is Cc1ccc(Oc2ccccc2CNC(=O)C2CCC(=O)NC2)cc1. The highest BCUT2D eigenvalue weighted by molar-refractivity contribution is 5.83. The van der Waals surface area contributed by atoms with Gasteiger partial charge in [-0.05, 0) is 31.5 Å². The molecular formula is C20H22N2O3. The van der Waals surface area contributed by atoms with Crippen LogP contribution < -0.4 is 15.4 Å². The first kappa shape index (κ1) is 17.0. The van der Waals surface area contributed by atoms with E-state index in [4.69, 9.17) is 4.74 Å². The largest absolute Gasteiger partial charge is 0.457 e. The van der Waals surface area contributed by atoms with E-state index in [0.717, 1.165) is 17.1 Å². The van der Waals surface area contributed by atoms with Crippen LogP contribution in [-0.2, 0) is 16.1 Å². The first-order valence-corrected chi connectivity index (χ1v) is 8.48. The Morgan fingerprint density at radius 2 is 1.96 bits per heavy atom. The molecule has 1 unspecified atom stereocenters. The molecule has 0 radical (unpaired) electrons. The molecule has 2 aromatic carbocycles. The molecule has 1 aliphatic heterocycles. The molecule has 25 heavy (non-hydrogen) atoms. The Labute approximate surface area is 147 Å². The number of rotatable bonds is 5. The summed E-state index contributed by atoms with van der Waals surface area (Å²) in [7, 11) is 0. The number of hydrogen-bond donors (Lipinski definition) is 2. The van der Waals surface area contributed by atoms with Gasteiger partial charge < -0.3 is 15.4 Å². The maximum atomic E-state index is 12.3. The fourth-order valence-electron chi connectivity index (χ4n) is 2.77. The molecule has 1 saturated heterocycles. The van der Waals surface area contributed by atoms with E-state index in [1.807, 2.05) is 55.5 Å². The molecule has 2 N–H and O–H groups in total. The standard InChI is InChI=1S/C20H22N2O3/c1-14-6-9-17(10-7-14)25-18-5-3-2-4-15(18)12-22-20(24)16-8-11-19(23)21-13-16/h2-7,9-10,16H,8,11-13H2,1H3,(H,21,23)(H,22,24). The normalized spacial score (nSPS) is 16.8. The molecule has 1 fully saturated rings. The Morgan fingerprint density at radius 3 is 2.68 bits per heavy atom. The van der Waals surface area contributed by atoms with E-state index < -0.39 is 0 Å². The number of nitrogens with one attached hydrogen (secondary N) is 2. The van der Waals surface area contributed by atoms with Gasteiger partial charge in [0.15, 0.2) is 0 Å². The molecular weight excluding hydrogens is 316 g/mol. The number of piperidine rings is 1. The van der Waals surface area contributed by atoms with Crippen molar-refractivity contribution in [2.24, 2.45) is 5.92 Å². The van der Waals surface area contributed by atoms with Crippen LogP contribution >= 0.6 is 0 Å². The highest BCUT2D eigenvalue weighted by Crippen LogP contribution is 2.25. The number of carbonyl (C=O) groups is 2. The van der Waals surface area contributed by atoms with Gasteiger partial charge in [-0.15, -0.1) is 0 Å². The summed E-state index contributed by atoms with van der Waals surface area (Å²) in [5, 5.41) is 5.68. The van der Waals surface area contributed by atoms with Gasteiger partial charge in [0.25, 0.3) is 0 Å². The second kappa shape index (κ2) is 7.83. The summed E-state index contributed by atoms with van der Waals surface area (Å²) < 4.78 is 5.95. The molecule has 5 nitrogen and oxygen atoms in total. The molecule has 1 aliphatic rings. The van der Waals surface area contributed by atoms with Gasteiger partial charge in [0.2, 0.25) is 11.8 Å². The zero-order valence-corrected chi connectivity index (χ0v) is 14.2. The van der Waals surface area contributed by atoms with E-state index in [-0.39, 0.29) is 17.7 Å². The van der Waals surface area contributed by atoms with Crippen molar-refractivity contribution in [2.75, 3.05) is 6.54 Å².